The lowest BCUT2D eigenvalue weighted by atomic mass is 9.88. The zero-order valence-electron chi connectivity index (χ0n) is 15.4. The highest BCUT2D eigenvalue weighted by Gasteiger charge is 2.31. The van der Waals surface area contributed by atoms with Gasteiger partial charge in [-0.15, -0.1) is 0 Å². The van der Waals surface area contributed by atoms with Gasteiger partial charge in [-0.2, -0.15) is 0 Å². The Balaban J connectivity index is 2.18. The van der Waals surface area contributed by atoms with Crippen molar-refractivity contribution >= 4 is 12.0 Å². The van der Waals surface area contributed by atoms with Gasteiger partial charge >= 0.3 is 5.97 Å². The molecule has 1 aromatic carbocycles. The zero-order chi connectivity index (χ0) is 19.6. The summed E-state index contributed by atoms with van der Waals surface area (Å²) in [5, 5.41) is 9.52. The number of nitrogens with zero attached hydrogens (tertiary/aromatic N) is 1. The quantitative estimate of drug-likeness (QED) is 0.813. The number of halogens is 1. The minimum absolute atomic E-state index is 0.0204. The number of aliphatic hydroxyl groups excluding tert-OH is 1. The molecule has 0 spiro atoms. The molecule has 3 rings (SSSR count). The van der Waals surface area contributed by atoms with Gasteiger partial charge in [0.2, 0.25) is 5.88 Å². The van der Waals surface area contributed by atoms with Gasteiger partial charge in [0.05, 0.1) is 13.2 Å². The average Bonchev–Trinajstić information content (AvgIpc) is 2.67. The number of aromatic nitrogens is 1. The van der Waals surface area contributed by atoms with Crippen molar-refractivity contribution in [1.82, 2.24) is 4.98 Å². The first-order chi connectivity index (χ1) is 13.0. The third kappa shape index (κ3) is 3.71. The Bertz CT molecular complexity index is 881. The second-order valence-electron chi connectivity index (χ2n) is 6.52. The molecule has 1 aromatic heterocycles. The van der Waals surface area contributed by atoms with Gasteiger partial charge in [-0.1, -0.05) is 31.7 Å². The lowest BCUT2D eigenvalue weighted by molar-refractivity contribution is 0.0491. The summed E-state index contributed by atoms with van der Waals surface area (Å²) >= 11 is 0. The highest BCUT2D eigenvalue weighted by Crippen LogP contribution is 2.38. The van der Waals surface area contributed by atoms with Crippen LogP contribution in [0.2, 0.25) is 0 Å². The molecular formula is C21H22FNO4. The van der Waals surface area contributed by atoms with Crippen LogP contribution in [0.25, 0.3) is 17.2 Å². The Morgan fingerprint density at radius 2 is 2.22 bits per heavy atom. The van der Waals surface area contributed by atoms with Crippen LogP contribution >= 0.6 is 0 Å². The summed E-state index contributed by atoms with van der Waals surface area (Å²) in [6.07, 6.45) is 1.69. The smallest absolute Gasteiger partial charge is 0.357 e. The minimum atomic E-state index is -0.604. The fraction of sp³-hybridized carbons (Fsp3) is 0.333. The first-order valence-corrected chi connectivity index (χ1v) is 8.89. The standard InChI is InChI=1S/C21H22FNO4/c1-4-13-6-7-14(17(22)9-13)15-10-18(21(25)26-5-2)23-20-16(15)8-12(3)19(11-24)27-20/h4,6-7,9-10,12,19,24H,1,5,8,11H2,2-3H3/t12-,19+/m0/s1. The van der Waals surface area contributed by atoms with Gasteiger partial charge < -0.3 is 14.6 Å². The molecule has 1 N–H and O–H groups in total. The summed E-state index contributed by atoms with van der Waals surface area (Å²) in [5.41, 5.74) is 2.31. The van der Waals surface area contributed by atoms with E-state index in [1.54, 1.807) is 25.1 Å². The Morgan fingerprint density at radius 1 is 1.44 bits per heavy atom. The van der Waals surface area contributed by atoms with Crippen molar-refractivity contribution in [2.75, 3.05) is 13.2 Å². The van der Waals surface area contributed by atoms with Crippen LogP contribution in [-0.2, 0) is 11.2 Å². The molecule has 5 nitrogen and oxygen atoms in total. The zero-order valence-corrected chi connectivity index (χ0v) is 15.4. The molecule has 2 heterocycles. The molecule has 2 aromatic rings. The number of hydrogen-bond acceptors (Lipinski definition) is 5. The second-order valence-corrected chi connectivity index (χ2v) is 6.52. The van der Waals surface area contributed by atoms with Crippen LogP contribution in [-0.4, -0.2) is 35.4 Å². The maximum absolute atomic E-state index is 14.7. The van der Waals surface area contributed by atoms with E-state index >= 15 is 0 Å². The SMILES string of the molecule is C=Cc1ccc(-c2cc(C(=O)OCC)nc3c2C[C@H](C)[C@@H](CO)O3)c(F)c1. The van der Waals surface area contributed by atoms with Gasteiger partial charge in [0.1, 0.15) is 11.9 Å². The molecule has 0 amide bonds. The van der Waals surface area contributed by atoms with Crippen LogP contribution in [0.15, 0.2) is 30.8 Å². The number of pyridine rings is 1. The van der Waals surface area contributed by atoms with E-state index in [4.69, 9.17) is 9.47 Å². The highest BCUT2D eigenvalue weighted by molar-refractivity contribution is 5.90. The molecule has 0 saturated heterocycles. The molecule has 0 saturated carbocycles. The topological polar surface area (TPSA) is 68.7 Å². The Kier molecular flexibility index (Phi) is 5.56. The van der Waals surface area contributed by atoms with Gasteiger partial charge in [0.25, 0.3) is 0 Å². The number of fused-ring (bicyclic) bond motifs is 1. The van der Waals surface area contributed by atoms with E-state index in [1.807, 2.05) is 6.92 Å². The summed E-state index contributed by atoms with van der Waals surface area (Å²) in [7, 11) is 0. The number of rotatable bonds is 5. The van der Waals surface area contributed by atoms with Crippen LogP contribution in [0.5, 0.6) is 5.88 Å². The summed E-state index contributed by atoms with van der Waals surface area (Å²) in [5.74, 6) is -0.771. The molecule has 142 valence electrons. The third-order valence-corrected chi connectivity index (χ3v) is 4.69. The van der Waals surface area contributed by atoms with Crippen LogP contribution in [0, 0.1) is 11.7 Å². The number of carbonyl (C=O) groups excluding carboxylic acids is 1. The Labute approximate surface area is 157 Å². The normalized spacial score (nSPS) is 18.4. The highest BCUT2D eigenvalue weighted by atomic mass is 19.1. The average molecular weight is 371 g/mol. The predicted octanol–water partition coefficient (Wildman–Crippen LogP) is 3.64. The van der Waals surface area contributed by atoms with Gasteiger partial charge in [-0.05, 0) is 42.5 Å². The van der Waals surface area contributed by atoms with Crippen molar-refractivity contribution in [2.24, 2.45) is 5.92 Å². The first kappa shape index (κ1) is 19.0. The van der Waals surface area contributed by atoms with Crippen LogP contribution < -0.4 is 4.74 Å². The van der Waals surface area contributed by atoms with Crippen LogP contribution in [0.1, 0.15) is 35.5 Å². The van der Waals surface area contributed by atoms with Gasteiger partial charge in [-0.25, -0.2) is 14.2 Å². The summed E-state index contributed by atoms with van der Waals surface area (Å²) in [6, 6.07) is 6.34. The number of ether oxygens (including phenoxy) is 2. The molecule has 0 unspecified atom stereocenters. The number of benzene rings is 1. The maximum atomic E-state index is 14.7. The third-order valence-electron chi connectivity index (χ3n) is 4.69. The minimum Gasteiger partial charge on any atom is -0.471 e. The predicted molar refractivity (Wildman–Crippen MR) is 100 cm³/mol. The number of esters is 1. The lowest BCUT2D eigenvalue weighted by Crippen LogP contribution is -2.35. The molecule has 0 aliphatic carbocycles. The van der Waals surface area contributed by atoms with Crippen molar-refractivity contribution < 1.29 is 23.8 Å². The Morgan fingerprint density at radius 3 is 2.85 bits per heavy atom. The molecule has 1 aliphatic heterocycles. The molecule has 27 heavy (non-hydrogen) atoms. The van der Waals surface area contributed by atoms with Crippen molar-refractivity contribution in [1.29, 1.82) is 0 Å². The van der Waals surface area contributed by atoms with Crippen molar-refractivity contribution in [3.05, 3.63) is 53.5 Å². The van der Waals surface area contributed by atoms with Crippen molar-refractivity contribution in [2.45, 2.75) is 26.4 Å². The molecule has 0 radical (unpaired) electrons. The summed E-state index contributed by atoms with van der Waals surface area (Å²) in [6.45, 7) is 7.33. The van der Waals surface area contributed by atoms with E-state index in [0.717, 1.165) is 0 Å². The summed E-state index contributed by atoms with van der Waals surface area (Å²) < 4.78 is 25.6. The van der Waals surface area contributed by atoms with E-state index in [9.17, 15) is 14.3 Å². The van der Waals surface area contributed by atoms with Gasteiger partial charge in [0.15, 0.2) is 5.69 Å². The van der Waals surface area contributed by atoms with Crippen LogP contribution in [0.4, 0.5) is 4.39 Å². The monoisotopic (exact) mass is 371 g/mol. The number of hydrogen-bond donors (Lipinski definition) is 1. The van der Waals surface area contributed by atoms with E-state index in [1.165, 1.54) is 12.1 Å². The number of carbonyl (C=O) groups is 1. The van der Waals surface area contributed by atoms with Crippen molar-refractivity contribution in [3.8, 4) is 17.0 Å². The van der Waals surface area contributed by atoms with E-state index < -0.39 is 17.9 Å². The van der Waals surface area contributed by atoms with E-state index in [2.05, 4.69) is 11.6 Å². The summed E-state index contributed by atoms with van der Waals surface area (Å²) in [4.78, 5) is 16.5. The van der Waals surface area contributed by atoms with Gasteiger partial charge in [0, 0.05) is 11.1 Å². The fourth-order valence-corrected chi connectivity index (χ4v) is 3.20. The fourth-order valence-electron chi connectivity index (χ4n) is 3.20. The molecule has 6 heteroatoms. The van der Waals surface area contributed by atoms with E-state index in [0.29, 0.717) is 28.7 Å². The molecular weight excluding hydrogens is 349 g/mol. The molecule has 1 aliphatic rings. The second kappa shape index (κ2) is 7.88. The molecule has 0 fully saturated rings. The molecule has 0 bridgehead atoms. The maximum Gasteiger partial charge on any atom is 0.357 e. The lowest BCUT2D eigenvalue weighted by Gasteiger charge is -2.31. The van der Waals surface area contributed by atoms with E-state index in [-0.39, 0.29) is 30.7 Å². The van der Waals surface area contributed by atoms with Crippen LogP contribution in [0.3, 0.4) is 0 Å². The number of aliphatic hydroxyl groups is 1. The first-order valence-electron chi connectivity index (χ1n) is 8.89. The van der Waals surface area contributed by atoms with Crippen molar-refractivity contribution in [3.63, 3.8) is 0 Å². The molecule has 2 atom stereocenters. The largest absolute Gasteiger partial charge is 0.471 e. The van der Waals surface area contributed by atoms with Gasteiger partial charge in [-0.3, -0.25) is 0 Å². The Hall–Kier alpha value is -2.73.